The van der Waals surface area contributed by atoms with Gasteiger partial charge in [-0.2, -0.15) is 0 Å². The molecule has 0 saturated carbocycles. The molecule has 2 aromatic heterocycles. The third kappa shape index (κ3) is 2.98. The quantitative estimate of drug-likeness (QED) is 0.776. The molecule has 0 radical (unpaired) electrons. The summed E-state index contributed by atoms with van der Waals surface area (Å²) in [6, 6.07) is -0.736. The monoisotopic (exact) mass is 338 g/mol. The van der Waals surface area contributed by atoms with Crippen LogP contribution in [0.3, 0.4) is 0 Å². The van der Waals surface area contributed by atoms with E-state index in [-0.39, 0.29) is 12.2 Å². The molecule has 1 atom stereocenters. The maximum Gasteiger partial charge on any atom is 0.348 e. The zero-order valence-electron chi connectivity index (χ0n) is 13.4. The summed E-state index contributed by atoms with van der Waals surface area (Å²) < 4.78 is 11.0. The SMILES string of the molecule is CCOC(=O)[C@H](CC)n1cnc2sc(C(=O)OC)c(C)c2c1=O. The lowest BCUT2D eigenvalue weighted by atomic mass is 10.2. The maximum atomic E-state index is 12.8. The molecular formula is C15H18N2O5S. The lowest BCUT2D eigenvalue weighted by Gasteiger charge is -2.16. The van der Waals surface area contributed by atoms with Crippen LogP contribution in [-0.4, -0.2) is 35.2 Å². The van der Waals surface area contributed by atoms with Crippen LogP contribution in [0.15, 0.2) is 11.1 Å². The van der Waals surface area contributed by atoms with Crippen molar-refractivity contribution in [3.05, 3.63) is 27.1 Å². The highest BCUT2D eigenvalue weighted by Crippen LogP contribution is 2.28. The van der Waals surface area contributed by atoms with Gasteiger partial charge in [0.1, 0.15) is 15.7 Å². The molecule has 23 heavy (non-hydrogen) atoms. The Kier molecular flexibility index (Phi) is 5.15. The Bertz CT molecular complexity index is 808. The van der Waals surface area contributed by atoms with Gasteiger partial charge in [0.05, 0.1) is 25.4 Å². The van der Waals surface area contributed by atoms with Gasteiger partial charge in [0.15, 0.2) is 0 Å². The van der Waals surface area contributed by atoms with Crippen molar-refractivity contribution in [2.75, 3.05) is 13.7 Å². The highest BCUT2D eigenvalue weighted by atomic mass is 32.1. The van der Waals surface area contributed by atoms with E-state index in [1.165, 1.54) is 18.0 Å². The van der Waals surface area contributed by atoms with Crippen molar-refractivity contribution in [3.63, 3.8) is 0 Å². The normalized spacial score (nSPS) is 12.2. The van der Waals surface area contributed by atoms with Crippen molar-refractivity contribution in [3.8, 4) is 0 Å². The molecule has 0 N–H and O–H groups in total. The van der Waals surface area contributed by atoms with Gasteiger partial charge < -0.3 is 9.47 Å². The Morgan fingerprint density at radius 1 is 1.39 bits per heavy atom. The number of methoxy groups -OCH3 is 1. The maximum absolute atomic E-state index is 12.8. The van der Waals surface area contributed by atoms with Gasteiger partial charge in [0, 0.05) is 0 Å². The average molecular weight is 338 g/mol. The van der Waals surface area contributed by atoms with Crippen LogP contribution in [0.4, 0.5) is 0 Å². The van der Waals surface area contributed by atoms with Gasteiger partial charge >= 0.3 is 11.9 Å². The van der Waals surface area contributed by atoms with Crippen LogP contribution in [0.1, 0.15) is 41.5 Å². The van der Waals surface area contributed by atoms with E-state index in [1.807, 2.05) is 0 Å². The fourth-order valence-corrected chi connectivity index (χ4v) is 3.42. The Hall–Kier alpha value is -2.22. The number of nitrogens with zero attached hydrogens (tertiary/aromatic N) is 2. The van der Waals surface area contributed by atoms with Crippen molar-refractivity contribution in [2.45, 2.75) is 33.2 Å². The van der Waals surface area contributed by atoms with Gasteiger partial charge in [-0.05, 0) is 25.8 Å². The number of thiophene rings is 1. The first-order chi connectivity index (χ1) is 11.0. The van der Waals surface area contributed by atoms with Gasteiger partial charge in [-0.25, -0.2) is 14.6 Å². The van der Waals surface area contributed by atoms with Crippen molar-refractivity contribution >= 4 is 33.5 Å². The minimum atomic E-state index is -0.736. The molecule has 0 unspecified atom stereocenters. The number of carbonyl (C=O) groups is 2. The van der Waals surface area contributed by atoms with E-state index in [9.17, 15) is 14.4 Å². The summed E-state index contributed by atoms with van der Waals surface area (Å²) in [4.78, 5) is 41.5. The Labute approximate surface area is 136 Å². The Morgan fingerprint density at radius 3 is 2.65 bits per heavy atom. The molecule has 124 valence electrons. The summed E-state index contributed by atoms with van der Waals surface area (Å²) in [5, 5.41) is 0.334. The average Bonchev–Trinajstić information content (AvgIpc) is 2.87. The molecule has 2 rings (SSSR count). The predicted octanol–water partition coefficient (Wildman–Crippen LogP) is 2.07. The van der Waals surface area contributed by atoms with Gasteiger partial charge in [-0.1, -0.05) is 6.92 Å². The van der Waals surface area contributed by atoms with Gasteiger partial charge in [0.25, 0.3) is 5.56 Å². The van der Waals surface area contributed by atoms with Crippen LogP contribution in [0.5, 0.6) is 0 Å². The molecule has 0 bridgehead atoms. The minimum Gasteiger partial charge on any atom is -0.465 e. The standard InChI is InChI=1S/C15H18N2O5S/c1-5-9(14(19)22-6-2)17-7-16-12-10(13(17)18)8(3)11(23-12)15(20)21-4/h7,9H,5-6H2,1-4H3/t9-/m0/s1. The number of ether oxygens (including phenoxy) is 2. The van der Waals surface area contributed by atoms with E-state index in [2.05, 4.69) is 4.98 Å². The molecule has 7 nitrogen and oxygen atoms in total. The fourth-order valence-electron chi connectivity index (χ4n) is 2.36. The number of hydrogen-bond donors (Lipinski definition) is 0. The second-order valence-corrected chi connectivity index (χ2v) is 5.86. The third-order valence-electron chi connectivity index (χ3n) is 3.53. The van der Waals surface area contributed by atoms with Crippen LogP contribution in [-0.2, 0) is 14.3 Å². The van der Waals surface area contributed by atoms with Crippen LogP contribution < -0.4 is 5.56 Å². The smallest absolute Gasteiger partial charge is 0.348 e. The molecular weight excluding hydrogens is 320 g/mol. The highest BCUT2D eigenvalue weighted by Gasteiger charge is 2.25. The summed E-state index contributed by atoms with van der Waals surface area (Å²) in [5.74, 6) is -0.979. The molecule has 0 aromatic carbocycles. The van der Waals surface area contributed by atoms with Gasteiger partial charge in [-0.3, -0.25) is 9.36 Å². The van der Waals surface area contributed by atoms with Gasteiger partial charge in [0.2, 0.25) is 0 Å². The largest absolute Gasteiger partial charge is 0.465 e. The molecule has 0 saturated heterocycles. The molecule has 0 spiro atoms. The first-order valence-electron chi connectivity index (χ1n) is 7.21. The van der Waals surface area contributed by atoms with Crippen LogP contribution in [0, 0.1) is 6.92 Å². The summed E-state index contributed by atoms with van der Waals surface area (Å²) in [6.45, 7) is 5.41. The minimum absolute atomic E-state index is 0.240. The van der Waals surface area contributed by atoms with Gasteiger partial charge in [-0.15, -0.1) is 11.3 Å². The van der Waals surface area contributed by atoms with E-state index >= 15 is 0 Å². The first kappa shape index (κ1) is 17.1. The number of fused-ring (bicyclic) bond motifs is 1. The van der Waals surface area contributed by atoms with Crippen molar-refractivity contribution in [1.29, 1.82) is 0 Å². The fraction of sp³-hybridized carbons (Fsp3) is 0.467. The van der Waals surface area contributed by atoms with E-state index in [0.29, 0.717) is 27.1 Å². The van der Waals surface area contributed by atoms with E-state index in [0.717, 1.165) is 11.3 Å². The van der Waals surface area contributed by atoms with Crippen molar-refractivity contribution in [1.82, 2.24) is 9.55 Å². The lowest BCUT2D eigenvalue weighted by Crippen LogP contribution is -2.31. The molecule has 2 aromatic rings. The number of aromatic nitrogens is 2. The topological polar surface area (TPSA) is 87.5 Å². The third-order valence-corrected chi connectivity index (χ3v) is 4.71. The summed E-state index contributed by atoms with van der Waals surface area (Å²) in [6.07, 6.45) is 1.73. The van der Waals surface area contributed by atoms with Crippen molar-refractivity contribution < 1.29 is 19.1 Å². The lowest BCUT2D eigenvalue weighted by molar-refractivity contribution is -0.147. The molecule has 2 heterocycles. The number of rotatable bonds is 5. The van der Waals surface area contributed by atoms with Crippen LogP contribution >= 0.6 is 11.3 Å². The second-order valence-electron chi connectivity index (χ2n) is 4.86. The van der Waals surface area contributed by atoms with E-state index < -0.39 is 18.0 Å². The summed E-state index contributed by atoms with van der Waals surface area (Å²) in [7, 11) is 1.28. The Balaban J connectivity index is 2.62. The second kappa shape index (κ2) is 6.91. The zero-order chi connectivity index (χ0) is 17.1. The van der Waals surface area contributed by atoms with E-state index in [4.69, 9.17) is 9.47 Å². The summed E-state index contributed by atoms with van der Waals surface area (Å²) in [5.41, 5.74) is 0.154. The number of aryl methyl sites for hydroxylation is 1. The molecule has 0 amide bonds. The number of carbonyl (C=O) groups excluding carboxylic acids is 2. The Morgan fingerprint density at radius 2 is 2.09 bits per heavy atom. The van der Waals surface area contributed by atoms with Crippen LogP contribution in [0.25, 0.3) is 10.2 Å². The molecule has 8 heteroatoms. The predicted molar refractivity (Wildman–Crippen MR) is 85.9 cm³/mol. The van der Waals surface area contributed by atoms with E-state index in [1.54, 1.807) is 20.8 Å². The van der Waals surface area contributed by atoms with Crippen LogP contribution in [0.2, 0.25) is 0 Å². The zero-order valence-corrected chi connectivity index (χ0v) is 14.2. The molecule has 0 aliphatic carbocycles. The highest BCUT2D eigenvalue weighted by molar-refractivity contribution is 7.20. The number of hydrogen-bond acceptors (Lipinski definition) is 7. The molecule has 0 fully saturated rings. The van der Waals surface area contributed by atoms with Crippen molar-refractivity contribution in [2.24, 2.45) is 0 Å². The first-order valence-corrected chi connectivity index (χ1v) is 8.03. The summed E-state index contributed by atoms with van der Waals surface area (Å²) >= 11 is 1.10. The molecule has 0 aliphatic rings. The molecule has 0 aliphatic heterocycles. The number of esters is 2.